The zero-order valence-corrected chi connectivity index (χ0v) is 28.5. The van der Waals surface area contributed by atoms with E-state index >= 15 is 0 Å². The van der Waals surface area contributed by atoms with Gasteiger partial charge in [-0.05, 0) is 81.5 Å². The molecule has 2 aliphatic rings. The normalized spacial score (nSPS) is 17.4. The van der Waals surface area contributed by atoms with Crippen LogP contribution in [-0.2, 0) is 22.4 Å². The topological polar surface area (TPSA) is 120 Å². The average Bonchev–Trinajstić information content (AvgIpc) is 3.39. The molecule has 0 radical (unpaired) electrons. The molecule has 2 unspecified atom stereocenters. The lowest BCUT2D eigenvalue weighted by Crippen LogP contribution is -2.46. The molecule has 1 aliphatic carbocycles. The number of nitrogens with one attached hydrogen (secondary N) is 1. The lowest BCUT2D eigenvalue weighted by molar-refractivity contribution is -0.134. The molecule has 1 fully saturated rings. The smallest absolute Gasteiger partial charge is 0.417 e. The Balaban J connectivity index is 1.30. The third kappa shape index (κ3) is 7.01. The van der Waals surface area contributed by atoms with E-state index in [2.05, 4.69) is 15.3 Å². The van der Waals surface area contributed by atoms with Crippen molar-refractivity contribution in [3.8, 4) is 22.9 Å². The minimum absolute atomic E-state index is 0.111. The van der Waals surface area contributed by atoms with Crippen LogP contribution in [0.25, 0.3) is 11.4 Å². The number of hydrogen-bond donors (Lipinski definition) is 1. The number of likely N-dealkylation sites (tertiary alicyclic amines) is 1. The highest BCUT2D eigenvalue weighted by Gasteiger charge is 2.38. The van der Waals surface area contributed by atoms with Crippen molar-refractivity contribution in [3.63, 3.8) is 0 Å². The molecular formula is C38H38F2N4O6. The van der Waals surface area contributed by atoms with Gasteiger partial charge in [-0.15, -0.1) is 0 Å². The minimum atomic E-state index is -0.832. The standard InChI is InChI=1S/C38H38F2N4O6/c1-38(2,3)50-37(47)44-17-7-8-26(36(44)46)21-11-14-24(15-12-21)41-35-32-29(42-34(43-35)31-27(39)9-6-10-28(31)40)19-23(33(32)45)18-22-13-16-25(48-4)20-30(22)49-5/h6,9-16,20,23,26H,7-8,17-19H2,1-5H3,(H,41,42,43). The van der Waals surface area contributed by atoms with Gasteiger partial charge in [0.15, 0.2) is 11.6 Å². The highest BCUT2D eigenvalue weighted by molar-refractivity contribution is 6.06. The van der Waals surface area contributed by atoms with Crippen molar-refractivity contribution in [2.45, 2.75) is 58.0 Å². The molecule has 6 rings (SSSR count). The summed E-state index contributed by atoms with van der Waals surface area (Å²) in [5.74, 6) is -2.19. The molecule has 50 heavy (non-hydrogen) atoms. The van der Waals surface area contributed by atoms with E-state index in [1.165, 1.54) is 6.07 Å². The Labute approximate surface area is 288 Å². The zero-order valence-electron chi connectivity index (χ0n) is 28.5. The summed E-state index contributed by atoms with van der Waals surface area (Å²) in [5.41, 5.74) is 1.50. The Kier molecular flexibility index (Phi) is 9.55. The number of piperidine rings is 1. The number of aromatic nitrogens is 2. The predicted molar refractivity (Wildman–Crippen MR) is 182 cm³/mol. The largest absolute Gasteiger partial charge is 0.497 e. The van der Waals surface area contributed by atoms with Crippen LogP contribution in [-0.4, -0.2) is 59.0 Å². The molecule has 1 aliphatic heterocycles. The van der Waals surface area contributed by atoms with Gasteiger partial charge in [0.05, 0.1) is 37.0 Å². The number of methoxy groups -OCH3 is 2. The van der Waals surface area contributed by atoms with E-state index in [0.29, 0.717) is 47.7 Å². The van der Waals surface area contributed by atoms with Crippen LogP contribution < -0.4 is 14.8 Å². The summed E-state index contributed by atoms with van der Waals surface area (Å²) in [6.45, 7) is 5.53. The lowest BCUT2D eigenvalue weighted by Gasteiger charge is -2.32. The maximum absolute atomic E-state index is 15.0. The Morgan fingerprint density at radius 1 is 0.960 bits per heavy atom. The van der Waals surface area contributed by atoms with Gasteiger partial charge in [-0.25, -0.2) is 28.4 Å². The first-order chi connectivity index (χ1) is 23.9. The summed E-state index contributed by atoms with van der Waals surface area (Å²) in [7, 11) is 3.09. The van der Waals surface area contributed by atoms with E-state index in [4.69, 9.17) is 14.2 Å². The molecular weight excluding hydrogens is 646 g/mol. The van der Waals surface area contributed by atoms with E-state index < -0.39 is 40.7 Å². The molecule has 0 spiro atoms. The second-order valence-electron chi connectivity index (χ2n) is 13.4. The number of ether oxygens (including phenoxy) is 3. The number of carbonyl (C=O) groups is 3. The van der Waals surface area contributed by atoms with Gasteiger partial charge in [0.2, 0.25) is 5.91 Å². The van der Waals surface area contributed by atoms with Crippen molar-refractivity contribution < 1.29 is 37.4 Å². The van der Waals surface area contributed by atoms with Gasteiger partial charge >= 0.3 is 6.09 Å². The monoisotopic (exact) mass is 684 g/mol. The molecule has 1 aromatic heterocycles. The van der Waals surface area contributed by atoms with Crippen molar-refractivity contribution in [2.75, 3.05) is 26.1 Å². The van der Waals surface area contributed by atoms with Gasteiger partial charge < -0.3 is 19.5 Å². The average molecular weight is 685 g/mol. The summed E-state index contributed by atoms with van der Waals surface area (Å²) in [6.07, 6.45) is 1.08. The number of Topliss-reactive ketones (excluding diaryl/α,β-unsaturated/α-hetero) is 1. The van der Waals surface area contributed by atoms with Crippen LogP contribution in [0.3, 0.4) is 0 Å². The van der Waals surface area contributed by atoms with E-state index in [1.807, 2.05) is 6.07 Å². The van der Waals surface area contributed by atoms with Crippen molar-refractivity contribution in [1.29, 1.82) is 0 Å². The fourth-order valence-electron chi connectivity index (χ4n) is 6.43. The Morgan fingerprint density at radius 2 is 1.68 bits per heavy atom. The Morgan fingerprint density at radius 3 is 2.34 bits per heavy atom. The van der Waals surface area contributed by atoms with Crippen LogP contribution in [0.1, 0.15) is 66.7 Å². The molecule has 0 saturated carbocycles. The summed E-state index contributed by atoms with van der Waals surface area (Å²) < 4.78 is 46.2. The van der Waals surface area contributed by atoms with Gasteiger partial charge in [0.25, 0.3) is 0 Å². The first kappa shape index (κ1) is 34.5. The van der Waals surface area contributed by atoms with Gasteiger partial charge in [0.1, 0.15) is 34.6 Å². The zero-order chi connectivity index (χ0) is 35.7. The lowest BCUT2D eigenvalue weighted by atomic mass is 9.90. The number of nitrogens with zero attached hydrogens (tertiary/aromatic N) is 3. The van der Waals surface area contributed by atoms with Crippen molar-refractivity contribution in [3.05, 3.63) is 94.7 Å². The summed E-state index contributed by atoms with van der Waals surface area (Å²) in [5, 5.41) is 3.17. The summed E-state index contributed by atoms with van der Waals surface area (Å²) >= 11 is 0. The third-order valence-electron chi connectivity index (χ3n) is 8.82. The minimum Gasteiger partial charge on any atom is -0.497 e. The second-order valence-corrected chi connectivity index (χ2v) is 13.4. The second kappa shape index (κ2) is 13.9. The van der Waals surface area contributed by atoms with Gasteiger partial charge in [-0.3, -0.25) is 9.59 Å². The molecule has 260 valence electrons. The first-order valence-electron chi connectivity index (χ1n) is 16.4. The van der Waals surface area contributed by atoms with Crippen molar-refractivity contribution in [2.24, 2.45) is 5.92 Å². The maximum Gasteiger partial charge on any atom is 0.417 e. The first-order valence-corrected chi connectivity index (χ1v) is 16.4. The number of amides is 2. The van der Waals surface area contributed by atoms with Gasteiger partial charge in [-0.2, -0.15) is 0 Å². The molecule has 2 atom stereocenters. The number of imide groups is 1. The molecule has 2 amide bonds. The van der Waals surface area contributed by atoms with Gasteiger partial charge in [-0.1, -0.05) is 24.3 Å². The molecule has 10 nitrogen and oxygen atoms in total. The SMILES string of the molecule is COc1ccc(CC2Cc3nc(-c4c(F)cccc4F)nc(Nc4ccc(C5CCCN(C(=O)OC(C)(C)C)C5=O)cc4)c3C2=O)c(OC)c1. The van der Waals surface area contributed by atoms with E-state index in [9.17, 15) is 23.2 Å². The van der Waals surface area contributed by atoms with Crippen LogP contribution in [0.4, 0.5) is 25.1 Å². The van der Waals surface area contributed by atoms with Crippen LogP contribution in [0.5, 0.6) is 11.5 Å². The number of ketones is 1. The van der Waals surface area contributed by atoms with Crippen LogP contribution in [0.15, 0.2) is 60.7 Å². The summed E-state index contributed by atoms with van der Waals surface area (Å²) in [4.78, 5) is 50.2. The number of halogens is 2. The van der Waals surface area contributed by atoms with Gasteiger partial charge in [0, 0.05) is 30.6 Å². The van der Waals surface area contributed by atoms with E-state index in [-0.39, 0.29) is 41.9 Å². The quantitative estimate of drug-likeness (QED) is 0.202. The summed E-state index contributed by atoms with van der Waals surface area (Å²) in [6, 6.07) is 15.9. The number of carbonyl (C=O) groups excluding carboxylic acids is 3. The number of hydrogen-bond acceptors (Lipinski definition) is 9. The number of fused-ring (bicyclic) bond motifs is 1. The molecule has 0 bridgehead atoms. The molecule has 2 heterocycles. The molecule has 12 heteroatoms. The highest BCUT2D eigenvalue weighted by Crippen LogP contribution is 2.38. The molecule has 3 aromatic carbocycles. The van der Waals surface area contributed by atoms with Crippen molar-refractivity contribution in [1.82, 2.24) is 14.9 Å². The molecule has 4 aromatic rings. The number of benzene rings is 3. The fraction of sp³-hybridized carbons (Fsp3) is 0.342. The van der Waals surface area contributed by atoms with E-state index in [1.54, 1.807) is 71.4 Å². The Bertz CT molecular complexity index is 1940. The van der Waals surface area contributed by atoms with Crippen LogP contribution >= 0.6 is 0 Å². The third-order valence-corrected chi connectivity index (χ3v) is 8.82. The van der Waals surface area contributed by atoms with Crippen LogP contribution in [0.2, 0.25) is 0 Å². The number of anilines is 2. The predicted octanol–water partition coefficient (Wildman–Crippen LogP) is 7.42. The number of rotatable bonds is 8. The van der Waals surface area contributed by atoms with Crippen LogP contribution in [0, 0.1) is 17.6 Å². The molecule has 1 saturated heterocycles. The fourth-order valence-corrected chi connectivity index (χ4v) is 6.43. The molecule has 1 N–H and O–H groups in total. The van der Waals surface area contributed by atoms with Crippen molar-refractivity contribution >= 4 is 29.3 Å². The van der Waals surface area contributed by atoms with E-state index in [0.717, 1.165) is 22.6 Å². The highest BCUT2D eigenvalue weighted by atomic mass is 19.1. The Hall–Kier alpha value is -5.39. The maximum atomic E-state index is 15.0.